The van der Waals surface area contributed by atoms with E-state index in [9.17, 15) is 9.59 Å². The molecule has 2 N–H and O–H groups in total. The molecule has 0 spiro atoms. The molecular formula is C35H31N7O2S. The lowest BCUT2D eigenvalue weighted by Crippen LogP contribution is -2.42. The van der Waals surface area contributed by atoms with Crippen LogP contribution in [-0.2, 0) is 6.54 Å². The van der Waals surface area contributed by atoms with Crippen LogP contribution in [0.5, 0.6) is 0 Å². The first kappa shape index (κ1) is 27.7. The van der Waals surface area contributed by atoms with Gasteiger partial charge in [-0.1, -0.05) is 42.5 Å². The predicted molar refractivity (Wildman–Crippen MR) is 180 cm³/mol. The molecule has 2 atom stereocenters. The Morgan fingerprint density at radius 3 is 2.31 bits per heavy atom. The Morgan fingerprint density at radius 1 is 0.844 bits per heavy atom. The fraction of sp³-hybridized carbons (Fsp3) is 0.229. The van der Waals surface area contributed by atoms with Crippen molar-refractivity contribution in [3.05, 3.63) is 111 Å². The number of likely N-dealkylation sites (tertiary alicyclic amines) is 1. The second-order valence-electron chi connectivity index (χ2n) is 11.9. The van der Waals surface area contributed by atoms with Crippen molar-refractivity contribution >= 4 is 34.4 Å². The molecule has 0 radical (unpaired) electrons. The van der Waals surface area contributed by atoms with Crippen LogP contribution in [0.3, 0.4) is 0 Å². The van der Waals surface area contributed by atoms with Gasteiger partial charge in [0.15, 0.2) is 11.5 Å². The van der Waals surface area contributed by atoms with E-state index in [1.807, 2.05) is 48.7 Å². The Morgan fingerprint density at radius 2 is 1.60 bits per heavy atom. The number of nitrogens with two attached hydrogens (primary N) is 1. The molecule has 9 nitrogen and oxygen atoms in total. The minimum Gasteiger partial charge on any atom is -0.383 e. The smallest absolute Gasteiger partial charge is 0.251 e. The Kier molecular flexibility index (Phi) is 6.76. The third-order valence-electron chi connectivity index (χ3n) is 9.18. The zero-order valence-corrected chi connectivity index (χ0v) is 25.6. The van der Waals surface area contributed by atoms with E-state index >= 15 is 0 Å². The highest BCUT2D eigenvalue weighted by Gasteiger charge is 2.42. The van der Waals surface area contributed by atoms with Crippen LogP contribution in [0, 0.1) is 11.8 Å². The third-order valence-corrected chi connectivity index (χ3v) is 9.97. The average molecular weight is 614 g/mol. The highest BCUT2D eigenvalue weighted by atomic mass is 32.2. The Bertz CT molecular complexity index is 2110. The first-order valence-electron chi connectivity index (χ1n) is 15.1. The molecular weight excluding hydrogens is 582 g/mol. The van der Waals surface area contributed by atoms with E-state index < -0.39 is 0 Å². The van der Waals surface area contributed by atoms with Gasteiger partial charge in [0.2, 0.25) is 5.43 Å². The monoisotopic (exact) mass is 613 g/mol. The van der Waals surface area contributed by atoms with Gasteiger partial charge in [-0.25, -0.2) is 15.0 Å². The summed E-state index contributed by atoms with van der Waals surface area (Å²) >= 11 is 1.39. The number of hydrogen-bond donors (Lipinski definition) is 1. The lowest BCUT2D eigenvalue weighted by Gasteiger charge is -2.25. The van der Waals surface area contributed by atoms with Crippen LogP contribution in [0.15, 0.2) is 99.5 Å². The summed E-state index contributed by atoms with van der Waals surface area (Å²) in [6.45, 7) is 4.49. The van der Waals surface area contributed by atoms with Crippen molar-refractivity contribution in [2.75, 3.05) is 43.1 Å². The number of hydrogen-bond acceptors (Lipinski definition) is 9. The molecule has 0 saturated carbocycles. The van der Waals surface area contributed by atoms with Crippen LogP contribution in [0.2, 0.25) is 0 Å². The van der Waals surface area contributed by atoms with Gasteiger partial charge in [0.1, 0.15) is 17.0 Å². The van der Waals surface area contributed by atoms with Crippen LogP contribution in [0.25, 0.3) is 39.5 Å². The normalized spacial score (nSPS) is 18.3. The first-order chi connectivity index (χ1) is 22.0. The molecule has 5 heterocycles. The van der Waals surface area contributed by atoms with Gasteiger partial charge < -0.3 is 10.6 Å². The average Bonchev–Trinajstić information content (AvgIpc) is 3.75. The van der Waals surface area contributed by atoms with Crippen molar-refractivity contribution in [3.8, 4) is 28.3 Å². The largest absolute Gasteiger partial charge is 0.383 e. The number of rotatable bonds is 7. The number of imidazole rings is 1. The summed E-state index contributed by atoms with van der Waals surface area (Å²) in [5.74, 6) is 2.11. The summed E-state index contributed by atoms with van der Waals surface area (Å²) in [5, 5.41) is 0. The number of benzene rings is 2. The van der Waals surface area contributed by atoms with Crippen molar-refractivity contribution in [2.45, 2.75) is 11.4 Å². The summed E-state index contributed by atoms with van der Waals surface area (Å²) in [5.41, 5.74) is 12.7. The van der Waals surface area contributed by atoms with E-state index in [0.717, 1.165) is 66.4 Å². The molecule has 0 aliphatic carbocycles. The van der Waals surface area contributed by atoms with Gasteiger partial charge in [0, 0.05) is 50.2 Å². The molecule has 10 heteroatoms. The van der Waals surface area contributed by atoms with Crippen molar-refractivity contribution in [3.63, 3.8) is 0 Å². The lowest BCUT2D eigenvalue weighted by molar-refractivity contribution is 0.308. The zero-order chi connectivity index (χ0) is 30.7. The van der Waals surface area contributed by atoms with Crippen LogP contribution in [0.1, 0.15) is 5.56 Å². The molecule has 6 aromatic rings. The van der Waals surface area contributed by atoms with Crippen molar-refractivity contribution in [1.29, 1.82) is 0 Å². The maximum atomic E-state index is 12.2. The highest BCUT2D eigenvalue weighted by Crippen LogP contribution is 2.37. The molecule has 45 heavy (non-hydrogen) atoms. The summed E-state index contributed by atoms with van der Waals surface area (Å²) in [7, 11) is 0. The molecule has 0 bridgehead atoms. The quantitative estimate of drug-likeness (QED) is 0.204. The molecule has 3 aromatic heterocycles. The summed E-state index contributed by atoms with van der Waals surface area (Å²) in [6.07, 6.45) is 3.55. The van der Waals surface area contributed by atoms with E-state index in [1.165, 1.54) is 17.3 Å². The van der Waals surface area contributed by atoms with E-state index in [-0.39, 0.29) is 10.9 Å². The van der Waals surface area contributed by atoms with Crippen LogP contribution >= 0.6 is 11.8 Å². The molecule has 0 amide bonds. The number of anilines is 2. The van der Waals surface area contributed by atoms with Gasteiger partial charge >= 0.3 is 0 Å². The SMILES string of the molecule is CSc1c(N2CC3CN(Cc4ccc(-n5c(-c6cccnc6N)nc6ccc(-c7ccccc7)nc65)cc4)CC3C2)c(=O)c1=O. The summed E-state index contributed by atoms with van der Waals surface area (Å²) in [6, 6.07) is 26.5. The van der Waals surface area contributed by atoms with E-state index in [2.05, 4.69) is 55.7 Å². The van der Waals surface area contributed by atoms with Crippen molar-refractivity contribution < 1.29 is 0 Å². The van der Waals surface area contributed by atoms with Crippen molar-refractivity contribution in [2.24, 2.45) is 11.8 Å². The van der Waals surface area contributed by atoms with E-state index in [1.54, 1.807) is 6.20 Å². The topological polar surface area (TPSA) is 110 Å². The van der Waals surface area contributed by atoms with Crippen LogP contribution < -0.4 is 21.5 Å². The maximum Gasteiger partial charge on any atom is 0.251 e. The second kappa shape index (κ2) is 11.0. The third kappa shape index (κ3) is 4.72. The van der Waals surface area contributed by atoms with Gasteiger partial charge in [-0.2, -0.15) is 0 Å². The Labute approximate surface area is 264 Å². The van der Waals surface area contributed by atoms with Gasteiger partial charge in [0.05, 0.1) is 16.2 Å². The fourth-order valence-corrected chi connectivity index (χ4v) is 7.70. The summed E-state index contributed by atoms with van der Waals surface area (Å²) < 4.78 is 2.07. The lowest BCUT2D eigenvalue weighted by atomic mass is 10.0. The molecule has 3 aromatic carbocycles. The molecule has 2 saturated heterocycles. The second-order valence-corrected chi connectivity index (χ2v) is 12.8. The van der Waals surface area contributed by atoms with Crippen LogP contribution in [0.4, 0.5) is 11.5 Å². The number of fused-ring (bicyclic) bond motifs is 2. The maximum absolute atomic E-state index is 12.2. The molecule has 2 aliphatic rings. The number of nitrogen functional groups attached to an aromatic ring is 1. The summed E-state index contributed by atoms with van der Waals surface area (Å²) in [4.78, 5) is 43.8. The molecule has 2 unspecified atom stereocenters. The minimum absolute atomic E-state index is 0.317. The predicted octanol–water partition coefficient (Wildman–Crippen LogP) is 4.62. The molecule has 2 fully saturated rings. The molecule has 8 rings (SSSR count). The van der Waals surface area contributed by atoms with E-state index in [0.29, 0.717) is 34.1 Å². The Hall–Kier alpha value is -4.80. The first-order valence-corrected chi connectivity index (χ1v) is 16.3. The molecule has 2 aliphatic heterocycles. The standard InChI is InChI=1S/C35H31N7O2S/c1-45-32-29(30(43)31(32)44)41-19-23-17-40(18-24(23)20-41)16-21-9-11-25(12-10-21)42-34(26-8-5-15-37-33(26)36)39-28-14-13-27(38-35(28)42)22-6-3-2-4-7-22/h2-15,23-24H,16-20H2,1H3,(H2,36,37). The fourth-order valence-electron chi connectivity index (χ4n) is 7.00. The number of nitrogens with zero attached hydrogens (tertiary/aromatic N) is 6. The zero-order valence-electron chi connectivity index (χ0n) is 24.8. The number of thioether (sulfide) groups is 1. The minimum atomic E-state index is -0.327. The number of aromatic nitrogens is 4. The Balaban J connectivity index is 1.06. The highest BCUT2D eigenvalue weighted by molar-refractivity contribution is 7.98. The van der Waals surface area contributed by atoms with Gasteiger partial charge in [-0.15, -0.1) is 11.8 Å². The van der Waals surface area contributed by atoms with Gasteiger partial charge in [-0.3, -0.25) is 19.1 Å². The van der Waals surface area contributed by atoms with Crippen LogP contribution in [-0.4, -0.2) is 56.9 Å². The van der Waals surface area contributed by atoms with Gasteiger partial charge in [-0.05, 0) is 60.1 Å². The number of pyridine rings is 2. The molecule has 224 valence electrons. The van der Waals surface area contributed by atoms with Gasteiger partial charge in [0.25, 0.3) is 5.43 Å². The van der Waals surface area contributed by atoms with E-state index in [4.69, 9.17) is 15.7 Å². The van der Waals surface area contributed by atoms with Crippen molar-refractivity contribution in [1.82, 2.24) is 24.4 Å².